The van der Waals surface area contributed by atoms with Crippen LogP contribution in [-0.2, 0) is 11.3 Å². The molecule has 0 amide bonds. The molecule has 1 N–H and O–H groups in total. The maximum atomic E-state index is 10.8. The lowest BCUT2D eigenvalue weighted by Crippen LogP contribution is -2.32. The van der Waals surface area contributed by atoms with Crippen molar-refractivity contribution in [3.63, 3.8) is 0 Å². The van der Waals surface area contributed by atoms with E-state index >= 15 is 0 Å². The molecule has 1 unspecified atom stereocenters. The number of methoxy groups -OCH3 is 1. The number of nitrogens with zero attached hydrogens (tertiary/aromatic N) is 1. The Morgan fingerprint density at radius 1 is 1.69 bits per heavy atom. The molecule has 1 rings (SSSR count). The maximum absolute atomic E-state index is 10.8. The highest BCUT2D eigenvalue weighted by atomic mass is 16.5. The highest BCUT2D eigenvalue weighted by molar-refractivity contribution is 5.86. The Hall–Kier alpha value is -1.33. The molecule has 1 atom stereocenters. The van der Waals surface area contributed by atoms with Crippen molar-refractivity contribution in [2.24, 2.45) is 0 Å². The molecule has 16 heavy (non-hydrogen) atoms. The van der Waals surface area contributed by atoms with Crippen LogP contribution in [0, 0.1) is 0 Å². The standard InChI is InChI=1S/C11H17NO4/c1-8(7-15-3)12(2)6-9-4-5-16-10(9)11(13)14/h4-5,8H,6-7H2,1-3H3,(H,13,14). The van der Waals surface area contributed by atoms with Crippen LogP contribution in [0.3, 0.4) is 0 Å². The number of rotatable bonds is 6. The fraction of sp³-hybridized carbons (Fsp3) is 0.545. The van der Waals surface area contributed by atoms with Crippen LogP contribution in [0.25, 0.3) is 0 Å². The van der Waals surface area contributed by atoms with E-state index in [0.717, 1.165) is 0 Å². The second-order valence-corrected chi connectivity index (χ2v) is 3.80. The Morgan fingerprint density at radius 3 is 2.94 bits per heavy atom. The van der Waals surface area contributed by atoms with Gasteiger partial charge in [-0.3, -0.25) is 4.90 Å². The van der Waals surface area contributed by atoms with Crippen molar-refractivity contribution in [1.82, 2.24) is 4.90 Å². The third-order valence-electron chi connectivity index (χ3n) is 2.52. The quantitative estimate of drug-likeness (QED) is 0.796. The predicted octanol–water partition coefficient (Wildman–Crippen LogP) is 1.44. The Balaban J connectivity index is 2.65. The van der Waals surface area contributed by atoms with Gasteiger partial charge in [0.2, 0.25) is 5.76 Å². The van der Waals surface area contributed by atoms with Crippen LogP contribution in [0.5, 0.6) is 0 Å². The van der Waals surface area contributed by atoms with Crippen LogP contribution < -0.4 is 0 Å². The molecular weight excluding hydrogens is 210 g/mol. The van der Waals surface area contributed by atoms with Crippen LogP contribution in [0.4, 0.5) is 0 Å². The molecule has 0 aliphatic carbocycles. The fourth-order valence-electron chi connectivity index (χ4n) is 1.44. The molecule has 5 nitrogen and oxygen atoms in total. The zero-order chi connectivity index (χ0) is 12.1. The minimum absolute atomic E-state index is 0.0106. The van der Waals surface area contributed by atoms with Crippen molar-refractivity contribution in [2.75, 3.05) is 20.8 Å². The zero-order valence-corrected chi connectivity index (χ0v) is 9.77. The topological polar surface area (TPSA) is 62.9 Å². The van der Waals surface area contributed by atoms with Gasteiger partial charge in [0, 0.05) is 25.3 Å². The minimum Gasteiger partial charge on any atom is -0.475 e. The van der Waals surface area contributed by atoms with E-state index in [4.69, 9.17) is 14.3 Å². The molecule has 0 bridgehead atoms. The maximum Gasteiger partial charge on any atom is 0.372 e. The van der Waals surface area contributed by atoms with Gasteiger partial charge in [-0.25, -0.2) is 4.79 Å². The first kappa shape index (κ1) is 12.7. The highest BCUT2D eigenvalue weighted by Gasteiger charge is 2.17. The van der Waals surface area contributed by atoms with Gasteiger partial charge in [0.05, 0.1) is 12.9 Å². The van der Waals surface area contributed by atoms with Crippen LogP contribution in [0.15, 0.2) is 16.7 Å². The first-order chi connectivity index (χ1) is 7.56. The number of likely N-dealkylation sites (N-methyl/N-ethyl adjacent to an activating group) is 1. The van der Waals surface area contributed by atoms with Crippen molar-refractivity contribution in [1.29, 1.82) is 0 Å². The van der Waals surface area contributed by atoms with E-state index in [9.17, 15) is 4.79 Å². The molecule has 0 saturated carbocycles. The minimum atomic E-state index is -1.03. The Morgan fingerprint density at radius 2 is 2.38 bits per heavy atom. The Bertz CT molecular complexity index is 348. The van der Waals surface area contributed by atoms with Gasteiger partial charge in [-0.15, -0.1) is 0 Å². The molecule has 1 aromatic rings. The van der Waals surface area contributed by atoms with E-state index in [1.54, 1.807) is 13.2 Å². The first-order valence-corrected chi connectivity index (χ1v) is 5.05. The van der Waals surface area contributed by atoms with Crippen molar-refractivity contribution >= 4 is 5.97 Å². The van der Waals surface area contributed by atoms with Crippen molar-refractivity contribution in [2.45, 2.75) is 19.5 Å². The number of hydrogen-bond acceptors (Lipinski definition) is 4. The molecule has 0 saturated heterocycles. The number of ether oxygens (including phenoxy) is 1. The summed E-state index contributed by atoms with van der Waals surface area (Å²) in [4.78, 5) is 12.8. The van der Waals surface area contributed by atoms with E-state index < -0.39 is 5.97 Å². The molecule has 0 spiro atoms. The van der Waals surface area contributed by atoms with Crippen molar-refractivity contribution in [3.05, 3.63) is 23.7 Å². The normalized spacial score (nSPS) is 13.0. The number of furan rings is 1. The first-order valence-electron chi connectivity index (χ1n) is 5.05. The fourth-order valence-corrected chi connectivity index (χ4v) is 1.44. The average molecular weight is 227 g/mol. The van der Waals surface area contributed by atoms with Gasteiger partial charge in [-0.2, -0.15) is 0 Å². The summed E-state index contributed by atoms with van der Waals surface area (Å²) in [5, 5.41) is 8.87. The van der Waals surface area contributed by atoms with Gasteiger partial charge in [0.25, 0.3) is 0 Å². The number of carboxylic acid groups (broad SMARTS) is 1. The summed E-state index contributed by atoms with van der Waals surface area (Å²) in [6.07, 6.45) is 1.40. The predicted molar refractivity (Wildman–Crippen MR) is 58.5 cm³/mol. The zero-order valence-electron chi connectivity index (χ0n) is 9.77. The second-order valence-electron chi connectivity index (χ2n) is 3.80. The largest absolute Gasteiger partial charge is 0.475 e. The summed E-state index contributed by atoms with van der Waals surface area (Å²) in [5.41, 5.74) is 0.679. The van der Waals surface area contributed by atoms with E-state index in [1.807, 2.05) is 18.9 Å². The second kappa shape index (κ2) is 5.67. The summed E-state index contributed by atoms with van der Waals surface area (Å²) in [5.74, 6) is -1.02. The van der Waals surface area contributed by atoms with Crippen molar-refractivity contribution in [3.8, 4) is 0 Å². The Labute approximate surface area is 94.6 Å². The molecule has 1 aromatic heterocycles. The summed E-state index contributed by atoms with van der Waals surface area (Å²) in [6.45, 7) is 3.16. The highest BCUT2D eigenvalue weighted by Crippen LogP contribution is 2.14. The lowest BCUT2D eigenvalue weighted by molar-refractivity contribution is 0.0657. The molecule has 5 heteroatoms. The number of carboxylic acids is 1. The summed E-state index contributed by atoms with van der Waals surface area (Å²) in [6, 6.07) is 1.90. The van der Waals surface area contributed by atoms with Gasteiger partial charge < -0.3 is 14.3 Å². The summed E-state index contributed by atoms with van der Waals surface area (Å²) >= 11 is 0. The van der Waals surface area contributed by atoms with Gasteiger partial charge in [0.1, 0.15) is 0 Å². The average Bonchev–Trinajstić information content (AvgIpc) is 2.66. The van der Waals surface area contributed by atoms with E-state index in [1.165, 1.54) is 6.26 Å². The van der Waals surface area contributed by atoms with E-state index in [0.29, 0.717) is 18.7 Å². The van der Waals surface area contributed by atoms with Gasteiger partial charge in [-0.1, -0.05) is 0 Å². The number of carbonyl (C=O) groups is 1. The SMILES string of the molecule is COCC(C)N(C)Cc1ccoc1C(=O)O. The molecule has 1 heterocycles. The van der Waals surface area contributed by atoms with Gasteiger partial charge >= 0.3 is 5.97 Å². The summed E-state index contributed by atoms with van der Waals surface area (Å²) < 4.78 is 9.95. The van der Waals surface area contributed by atoms with Gasteiger partial charge in [0.15, 0.2) is 0 Å². The smallest absolute Gasteiger partial charge is 0.372 e. The monoisotopic (exact) mass is 227 g/mol. The lowest BCUT2D eigenvalue weighted by Gasteiger charge is -2.23. The van der Waals surface area contributed by atoms with Crippen LogP contribution in [0.1, 0.15) is 23.0 Å². The molecule has 0 aliphatic rings. The molecule has 0 aromatic carbocycles. The van der Waals surface area contributed by atoms with E-state index in [2.05, 4.69) is 0 Å². The third kappa shape index (κ3) is 3.08. The van der Waals surface area contributed by atoms with Gasteiger partial charge in [-0.05, 0) is 20.0 Å². The molecule has 90 valence electrons. The summed E-state index contributed by atoms with van der Waals surface area (Å²) in [7, 11) is 3.56. The third-order valence-corrected chi connectivity index (χ3v) is 2.52. The molecule has 0 aliphatic heterocycles. The van der Waals surface area contributed by atoms with Crippen LogP contribution >= 0.6 is 0 Å². The Kier molecular flexibility index (Phi) is 4.52. The van der Waals surface area contributed by atoms with Crippen molar-refractivity contribution < 1.29 is 19.1 Å². The van der Waals surface area contributed by atoms with Crippen LogP contribution in [-0.4, -0.2) is 42.8 Å². The molecular formula is C11H17NO4. The molecule has 0 fully saturated rings. The molecule has 0 radical (unpaired) electrons. The van der Waals surface area contributed by atoms with Crippen LogP contribution in [0.2, 0.25) is 0 Å². The lowest BCUT2D eigenvalue weighted by atomic mass is 10.2. The van der Waals surface area contributed by atoms with E-state index in [-0.39, 0.29) is 11.8 Å². The number of aromatic carboxylic acids is 1. The number of hydrogen-bond donors (Lipinski definition) is 1.